The lowest BCUT2D eigenvalue weighted by molar-refractivity contribution is -0.123. The number of benzene rings is 1. The number of esters is 1. The molecule has 22 heavy (non-hydrogen) atoms. The fourth-order valence-corrected chi connectivity index (χ4v) is 1.92. The maximum atomic E-state index is 12.1. The predicted octanol–water partition coefficient (Wildman–Crippen LogP) is 2.29. The number of amides is 1. The molecule has 0 saturated carbocycles. The minimum Gasteiger partial charge on any atom is -0.463 e. The van der Waals surface area contributed by atoms with Gasteiger partial charge < -0.3 is 15.0 Å². The number of ether oxygens (including phenoxy) is 1. The van der Waals surface area contributed by atoms with Gasteiger partial charge in [0.1, 0.15) is 6.54 Å². The summed E-state index contributed by atoms with van der Waals surface area (Å²) in [4.78, 5) is 29.6. The average Bonchev–Trinajstić information content (AvgIpc) is 2.84. The Balaban J connectivity index is 2.32. The molecule has 0 unspecified atom stereocenters. The van der Waals surface area contributed by atoms with Gasteiger partial charge in [0, 0.05) is 0 Å². The third kappa shape index (κ3) is 3.48. The molecule has 1 aromatic heterocycles. The first-order chi connectivity index (χ1) is 10.2. The third-order valence-corrected chi connectivity index (χ3v) is 2.96. The van der Waals surface area contributed by atoms with Crippen LogP contribution in [0.15, 0.2) is 12.1 Å². The van der Waals surface area contributed by atoms with Crippen LogP contribution in [0.3, 0.4) is 0 Å². The molecule has 0 aliphatic heterocycles. The van der Waals surface area contributed by atoms with E-state index in [9.17, 15) is 22.8 Å². The third-order valence-electron chi connectivity index (χ3n) is 2.64. The average molecular weight is 336 g/mol. The Hall–Kier alpha value is -2.29. The Labute approximate surface area is 126 Å². The normalized spacial score (nSPS) is 11.5. The second kappa shape index (κ2) is 5.84. The summed E-state index contributed by atoms with van der Waals surface area (Å²) in [5.41, 5.74) is 0.362. The molecule has 1 amide bonds. The zero-order valence-electron chi connectivity index (χ0n) is 11.0. The van der Waals surface area contributed by atoms with Gasteiger partial charge in [0.2, 0.25) is 5.82 Å². The summed E-state index contributed by atoms with van der Waals surface area (Å²) in [6.07, 6.45) is -4.53. The Morgan fingerprint density at radius 2 is 2.09 bits per heavy atom. The smallest absolute Gasteiger partial charge is 0.405 e. The fraction of sp³-hybridized carbons (Fsp3) is 0.250. The zero-order chi connectivity index (χ0) is 16.5. The van der Waals surface area contributed by atoms with Crippen LogP contribution >= 0.6 is 11.6 Å². The highest BCUT2D eigenvalue weighted by atomic mass is 35.5. The van der Waals surface area contributed by atoms with E-state index in [0.29, 0.717) is 5.52 Å². The van der Waals surface area contributed by atoms with Crippen LogP contribution in [-0.4, -0.2) is 41.7 Å². The van der Waals surface area contributed by atoms with Gasteiger partial charge in [-0.1, -0.05) is 11.6 Å². The van der Waals surface area contributed by atoms with Crippen molar-refractivity contribution < 1.29 is 27.5 Å². The number of carbonyl (C=O) groups is 2. The van der Waals surface area contributed by atoms with Gasteiger partial charge >= 0.3 is 12.1 Å². The molecule has 1 aromatic carbocycles. The molecule has 2 aromatic rings. The number of alkyl halides is 3. The van der Waals surface area contributed by atoms with Crippen molar-refractivity contribution >= 4 is 34.5 Å². The van der Waals surface area contributed by atoms with Gasteiger partial charge in [-0.15, -0.1) is 0 Å². The van der Waals surface area contributed by atoms with Crippen molar-refractivity contribution in [2.45, 2.75) is 6.18 Å². The molecule has 0 aliphatic rings. The number of nitrogens with one attached hydrogen (secondary N) is 2. The summed E-state index contributed by atoms with van der Waals surface area (Å²) < 4.78 is 40.8. The lowest BCUT2D eigenvalue weighted by atomic mass is 10.2. The Bertz CT molecular complexity index is 742. The molecule has 2 rings (SSSR count). The number of imidazole rings is 1. The number of hydrogen-bond acceptors (Lipinski definition) is 4. The number of carbonyl (C=O) groups excluding carboxylic acids is 2. The van der Waals surface area contributed by atoms with Crippen LogP contribution in [0.5, 0.6) is 0 Å². The van der Waals surface area contributed by atoms with Crippen molar-refractivity contribution in [1.29, 1.82) is 0 Å². The molecule has 2 N–H and O–H groups in total. The molecule has 10 heteroatoms. The topological polar surface area (TPSA) is 84.1 Å². The van der Waals surface area contributed by atoms with Crippen molar-refractivity contribution in [2.75, 3.05) is 13.7 Å². The van der Waals surface area contributed by atoms with E-state index in [1.54, 1.807) is 5.32 Å². The van der Waals surface area contributed by atoms with Crippen molar-refractivity contribution in [3.63, 3.8) is 0 Å². The van der Waals surface area contributed by atoms with Crippen LogP contribution in [0, 0.1) is 0 Å². The molecule has 0 radical (unpaired) electrons. The summed E-state index contributed by atoms with van der Waals surface area (Å²) >= 11 is 5.86. The van der Waals surface area contributed by atoms with Crippen LogP contribution in [0.2, 0.25) is 5.02 Å². The summed E-state index contributed by atoms with van der Waals surface area (Å²) in [6.45, 7) is -1.48. The second-order valence-electron chi connectivity index (χ2n) is 4.22. The monoisotopic (exact) mass is 335 g/mol. The number of methoxy groups -OCH3 is 1. The maximum absolute atomic E-state index is 12.1. The van der Waals surface area contributed by atoms with Crippen LogP contribution in [-0.2, 0) is 4.74 Å². The number of halogens is 4. The number of nitrogens with zero attached hydrogens (tertiary/aromatic N) is 1. The van der Waals surface area contributed by atoms with E-state index in [1.165, 1.54) is 19.2 Å². The lowest BCUT2D eigenvalue weighted by Gasteiger charge is -2.09. The highest BCUT2D eigenvalue weighted by Gasteiger charge is 2.28. The summed E-state index contributed by atoms with van der Waals surface area (Å²) in [6, 6.07) is 2.48. The number of rotatable bonds is 3. The Morgan fingerprint density at radius 1 is 1.41 bits per heavy atom. The van der Waals surface area contributed by atoms with Crippen LogP contribution in [0.25, 0.3) is 11.0 Å². The first-order valence-corrected chi connectivity index (χ1v) is 6.21. The number of fused-ring (bicyclic) bond motifs is 1. The van der Waals surface area contributed by atoms with Gasteiger partial charge in [-0.05, 0) is 12.1 Å². The van der Waals surface area contributed by atoms with Gasteiger partial charge in [-0.3, -0.25) is 4.79 Å². The number of aromatic nitrogens is 2. The van der Waals surface area contributed by atoms with E-state index >= 15 is 0 Å². The first kappa shape index (κ1) is 16.1. The number of hydrogen-bond donors (Lipinski definition) is 2. The second-order valence-corrected chi connectivity index (χ2v) is 4.63. The van der Waals surface area contributed by atoms with Crippen molar-refractivity contribution in [1.82, 2.24) is 15.3 Å². The van der Waals surface area contributed by atoms with E-state index in [2.05, 4.69) is 14.7 Å². The van der Waals surface area contributed by atoms with Gasteiger partial charge in [-0.2, -0.15) is 13.2 Å². The summed E-state index contributed by atoms with van der Waals surface area (Å²) in [7, 11) is 1.17. The van der Waals surface area contributed by atoms with E-state index in [1.807, 2.05) is 0 Å². The quantitative estimate of drug-likeness (QED) is 0.843. The van der Waals surface area contributed by atoms with Gasteiger partial charge in [-0.25, -0.2) is 9.78 Å². The highest BCUT2D eigenvalue weighted by Crippen LogP contribution is 2.23. The van der Waals surface area contributed by atoms with Crippen LogP contribution < -0.4 is 5.32 Å². The lowest BCUT2D eigenvalue weighted by Crippen LogP contribution is -2.33. The molecule has 0 fully saturated rings. The fourth-order valence-electron chi connectivity index (χ4n) is 1.67. The molecular formula is C12H9ClF3N3O3. The minimum absolute atomic E-state index is 0.0766. The van der Waals surface area contributed by atoms with E-state index < -0.39 is 24.6 Å². The van der Waals surface area contributed by atoms with E-state index in [0.717, 1.165) is 0 Å². The molecule has 1 heterocycles. The molecule has 0 atom stereocenters. The first-order valence-electron chi connectivity index (χ1n) is 5.84. The molecule has 118 valence electrons. The number of H-pyrrole nitrogens is 1. The maximum Gasteiger partial charge on any atom is 0.405 e. The van der Waals surface area contributed by atoms with Crippen molar-refractivity contribution in [2.24, 2.45) is 0 Å². The molecule has 6 nitrogen and oxygen atoms in total. The molecule has 0 bridgehead atoms. The predicted molar refractivity (Wildman–Crippen MR) is 70.8 cm³/mol. The van der Waals surface area contributed by atoms with Crippen molar-refractivity contribution in [3.05, 3.63) is 28.5 Å². The standard InChI is InChI=1S/C12H9ClF3N3O3/c1-22-11(21)9-18-7-2-5(6(13)3-8(7)19-9)10(20)17-4-12(14,15)16/h2-3H,4H2,1H3,(H,17,20)(H,18,19). The number of aromatic amines is 1. The Kier molecular flexibility index (Phi) is 4.27. The highest BCUT2D eigenvalue weighted by molar-refractivity contribution is 6.34. The van der Waals surface area contributed by atoms with Crippen LogP contribution in [0.1, 0.15) is 21.0 Å². The molecule has 0 saturated heterocycles. The summed E-state index contributed by atoms with van der Waals surface area (Å²) in [5.74, 6) is -1.83. The van der Waals surface area contributed by atoms with Gasteiger partial charge in [0.05, 0.1) is 28.7 Å². The summed E-state index contributed by atoms with van der Waals surface area (Å²) in [5, 5.41) is 1.63. The minimum atomic E-state index is -4.53. The van der Waals surface area contributed by atoms with Crippen LogP contribution in [0.4, 0.5) is 13.2 Å². The SMILES string of the molecule is COC(=O)c1nc2cc(C(=O)NCC(F)(F)F)c(Cl)cc2[nH]1. The largest absolute Gasteiger partial charge is 0.463 e. The molecule has 0 spiro atoms. The molecule has 0 aliphatic carbocycles. The van der Waals surface area contributed by atoms with Gasteiger partial charge in [0.25, 0.3) is 5.91 Å². The van der Waals surface area contributed by atoms with Gasteiger partial charge in [0.15, 0.2) is 0 Å². The van der Waals surface area contributed by atoms with E-state index in [4.69, 9.17) is 11.6 Å². The zero-order valence-corrected chi connectivity index (χ0v) is 11.8. The van der Waals surface area contributed by atoms with E-state index in [-0.39, 0.29) is 21.9 Å². The molecular weight excluding hydrogens is 327 g/mol. The Morgan fingerprint density at radius 3 is 2.68 bits per heavy atom. The van der Waals surface area contributed by atoms with Crippen molar-refractivity contribution in [3.8, 4) is 0 Å².